The first kappa shape index (κ1) is 18.0. The molecule has 0 spiro atoms. The lowest BCUT2D eigenvalue weighted by Crippen LogP contribution is -2.31. The van der Waals surface area contributed by atoms with Gasteiger partial charge in [-0.3, -0.25) is 9.59 Å². The highest BCUT2D eigenvalue weighted by molar-refractivity contribution is 5.73. The van der Waals surface area contributed by atoms with E-state index in [1.165, 1.54) is 0 Å². The average Bonchev–Trinajstić information content (AvgIpc) is 2.32. The third-order valence-corrected chi connectivity index (χ3v) is 2.98. The molecule has 0 aliphatic heterocycles. The van der Waals surface area contributed by atoms with Crippen molar-refractivity contribution in [1.29, 1.82) is 0 Å². The minimum atomic E-state index is -0.902. The largest absolute Gasteiger partial charge is 0.481 e. The number of nitrogens with two attached hydrogens (primary N) is 1. The predicted molar refractivity (Wildman–Crippen MR) is 84.5 cm³/mol. The quantitative estimate of drug-likeness (QED) is 0.545. The number of carboxylic acid groups (broad SMARTS) is 1. The molecule has 4 N–H and O–H groups in total. The van der Waals surface area contributed by atoms with Crippen molar-refractivity contribution in [3.05, 3.63) is 28.8 Å². The number of carbonyl (C=O) groups excluding carboxylic acids is 1. The molecule has 0 aromatic heterocycles. The van der Waals surface area contributed by atoms with Crippen molar-refractivity contribution in [2.24, 2.45) is 0 Å². The second kappa shape index (κ2) is 7.26. The second-order valence-corrected chi connectivity index (χ2v) is 6.23. The van der Waals surface area contributed by atoms with E-state index < -0.39 is 11.6 Å². The summed E-state index contributed by atoms with van der Waals surface area (Å²) in [6.45, 7) is 7.72. The Morgan fingerprint density at radius 3 is 2.50 bits per heavy atom. The molecule has 0 heterocycles. The minimum absolute atomic E-state index is 0.0735. The predicted octanol–water partition coefficient (Wildman–Crippen LogP) is 1.64. The van der Waals surface area contributed by atoms with Crippen LogP contribution in [-0.4, -0.2) is 29.2 Å². The molecule has 0 unspecified atom stereocenters. The molecule has 6 heteroatoms. The van der Waals surface area contributed by atoms with Gasteiger partial charge < -0.3 is 20.9 Å². The third kappa shape index (κ3) is 6.13. The van der Waals surface area contributed by atoms with Gasteiger partial charge in [-0.1, -0.05) is 6.07 Å². The Bertz CT molecular complexity index is 562. The van der Waals surface area contributed by atoms with Gasteiger partial charge in [0.1, 0.15) is 5.60 Å². The first-order chi connectivity index (χ1) is 10.1. The fraction of sp³-hybridized carbons (Fsp3) is 0.500. The fourth-order valence-electron chi connectivity index (χ4n) is 2.00. The van der Waals surface area contributed by atoms with Crippen molar-refractivity contribution in [3.63, 3.8) is 0 Å². The molecule has 0 aliphatic rings. The zero-order chi connectivity index (χ0) is 16.9. The summed E-state index contributed by atoms with van der Waals surface area (Å²) in [5.74, 6) is -1.24. The number of hydrogen-bond donors (Lipinski definition) is 3. The van der Waals surface area contributed by atoms with Gasteiger partial charge in [0, 0.05) is 12.2 Å². The number of nitrogens with one attached hydrogen (secondary N) is 1. The van der Waals surface area contributed by atoms with Crippen LogP contribution in [0, 0.1) is 6.92 Å². The molecule has 0 saturated carbocycles. The van der Waals surface area contributed by atoms with Crippen molar-refractivity contribution in [2.45, 2.75) is 46.3 Å². The van der Waals surface area contributed by atoms with Crippen LogP contribution in [0.3, 0.4) is 0 Å². The van der Waals surface area contributed by atoms with Crippen LogP contribution in [0.1, 0.15) is 37.5 Å². The normalized spacial score (nSPS) is 11.3. The van der Waals surface area contributed by atoms with E-state index in [0.29, 0.717) is 17.8 Å². The lowest BCUT2D eigenvalue weighted by atomic mass is 10.0. The summed E-state index contributed by atoms with van der Waals surface area (Å²) in [5.41, 5.74) is 8.23. The van der Waals surface area contributed by atoms with Gasteiger partial charge in [-0.15, -0.1) is 0 Å². The SMILES string of the molecule is Cc1c(N)cc(CNCC(=O)OC(C)(C)C)cc1CC(=O)O. The summed E-state index contributed by atoms with van der Waals surface area (Å²) in [5, 5.41) is 11.9. The van der Waals surface area contributed by atoms with E-state index in [1.807, 2.05) is 20.8 Å². The van der Waals surface area contributed by atoms with Crippen molar-refractivity contribution in [2.75, 3.05) is 12.3 Å². The van der Waals surface area contributed by atoms with E-state index in [1.54, 1.807) is 19.1 Å². The van der Waals surface area contributed by atoms with E-state index in [-0.39, 0.29) is 18.9 Å². The van der Waals surface area contributed by atoms with E-state index in [0.717, 1.165) is 11.1 Å². The molecule has 0 saturated heterocycles. The van der Waals surface area contributed by atoms with Crippen LogP contribution in [-0.2, 0) is 27.3 Å². The maximum atomic E-state index is 11.6. The first-order valence-electron chi connectivity index (χ1n) is 7.10. The number of esters is 1. The molecular weight excluding hydrogens is 284 g/mol. The standard InChI is InChI=1S/C16H24N2O4/c1-10-12(7-14(19)20)5-11(6-13(10)17)8-18-9-15(21)22-16(2,3)4/h5-6,18H,7-9,17H2,1-4H3,(H,19,20). The van der Waals surface area contributed by atoms with Gasteiger partial charge in [-0.05, 0) is 50.5 Å². The van der Waals surface area contributed by atoms with Crippen LogP contribution in [0.2, 0.25) is 0 Å². The summed E-state index contributed by atoms with van der Waals surface area (Å²) >= 11 is 0. The third-order valence-electron chi connectivity index (χ3n) is 2.98. The van der Waals surface area contributed by atoms with E-state index in [9.17, 15) is 9.59 Å². The van der Waals surface area contributed by atoms with Gasteiger partial charge in [0.15, 0.2) is 0 Å². The van der Waals surface area contributed by atoms with E-state index >= 15 is 0 Å². The number of rotatable bonds is 6. The maximum absolute atomic E-state index is 11.6. The Morgan fingerprint density at radius 1 is 1.32 bits per heavy atom. The number of carbonyl (C=O) groups is 2. The first-order valence-corrected chi connectivity index (χ1v) is 7.10. The molecule has 1 aromatic rings. The molecule has 22 heavy (non-hydrogen) atoms. The number of aliphatic carboxylic acids is 1. The lowest BCUT2D eigenvalue weighted by Gasteiger charge is -2.19. The Balaban J connectivity index is 2.65. The molecule has 1 aromatic carbocycles. The van der Waals surface area contributed by atoms with Crippen LogP contribution in [0.4, 0.5) is 5.69 Å². The summed E-state index contributed by atoms with van der Waals surface area (Å²) < 4.78 is 5.19. The van der Waals surface area contributed by atoms with Gasteiger partial charge >= 0.3 is 11.9 Å². The van der Waals surface area contributed by atoms with Gasteiger partial charge in [0.25, 0.3) is 0 Å². The van der Waals surface area contributed by atoms with Crippen LogP contribution >= 0.6 is 0 Å². The molecule has 0 radical (unpaired) electrons. The zero-order valence-electron chi connectivity index (χ0n) is 13.5. The average molecular weight is 308 g/mol. The number of ether oxygens (including phenoxy) is 1. The van der Waals surface area contributed by atoms with Crippen molar-refractivity contribution < 1.29 is 19.4 Å². The molecule has 0 atom stereocenters. The summed E-state index contributed by atoms with van der Waals surface area (Å²) in [6.07, 6.45) is -0.0735. The van der Waals surface area contributed by atoms with Crippen molar-refractivity contribution in [3.8, 4) is 0 Å². The zero-order valence-corrected chi connectivity index (χ0v) is 13.5. The number of anilines is 1. The van der Waals surface area contributed by atoms with E-state index in [2.05, 4.69) is 5.32 Å². The number of hydrogen-bond acceptors (Lipinski definition) is 5. The molecule has 0 bridgehead atoms. The van der Waals surface area contributed by atoms with Crippen molar-refractivity contribution >= 4 is 17.6 Å². The highest BCUT2D eigenvalue weighted by Crippen LogP contribution is 2.19. The molecule has 6 nitrogen and oxygen atoms in total. The van der Waals surface area contributed by atoms with Crippen LogP contribution in [0.15, 0.2) is 12.1 Å². The number of nitrogen functional groups attached to an aromatic ring is 1. The molecular formula is C16H24N2O4. The van der Waals surface area contributed by atoms with E-state index in [4.69, 9.17) is 15.6 Å². The minimum Gasteiger partial charge on any atom is -0.481 e. The van der Waals surface area contributed by atoms with Gasteiger partial charge in [-0.2, -0.15) is 0 Å². The molecule has 0 amide bonds. The lowest BCUT2D eigenvalue weighted by molar-refractivity contribution is -0.153. The molecule has 1 rings (SSSR count). The van der Waals surface area contributed by atoms with Crippen molar-refractivity contribution in [1.82, 2.24) is 5.32 Å². The molecule has 122 valence electrons. The topological polar surface area (TPSA) is 102 Å². The monoisotopic (exact) mass is 308 g/mol. The maximum Gasteiger partial charge on any atom is 0.320 e. The summed E-state index contributed by atoms with van der Waals surface area (Å²) in [6, 6.07) is 3.57. The van der Waals surface area contributed by atoms with Crippen LogP contribution in [0.5, 0.6) is 0 Å². The highest BCUT2D eigenvalue weighted by atomic mass is 16.6. The molecule has 0 fully saturated rings. The summed E-state index contributed by atoms with van der Waals surface area (Å²) in [7, 11) is 0. The van der Waals surface area contributed by atoms with Gasteiger partial charge in [0.2, 0.25) is 0 Å². The van der Waals surface area contributed by atoms with Crippen LogP contribution in [0.25, 0.3) is 0 Å². The van der Waals surface area contributed by atoms with Gasteiger partial charge in [0.05, 0.1) is 13.0 Å². The highest BCUT2D eigenvalue weighted by Gasteiger charge is 2.15. The number of benzene rings is 1. The summed E-state index contributed by atoms with van der Waals surface area (Å²) in [4.78, 5) is 22.5. The van der Waals surface area contributed by atoms with Gasteiger partial charge in [-0.25, -0.2) is 0 Å². The Kier molecular flexibility index (Phi) is 5.93. The number of carboxylic acids is 1. The Hall–Kier alpha value is -2.08. The fourth-order valence-corrected chi connectivity index (χ4v) is 2.00. The molecule has 0 aliphatic carbocycles. The Morgan fingerprint density at radius 2 is 1.95 bits per heavy atom. The second-order valence-electron chi connectivity index (χ2n) is 6.23. The Labute approximate surface area is 130 Å². The van der Waals surface area contributed by atoms with Crippen LogP contribution < -0.4 is 11.1 Å². The smallest absolute Gasteiger partial charge is 0.320 e.